The van der Waals surface area contributed by atoms with Gasteiger partial charge in [-0.1, -0.05) is 27.5 Å². The van der Waals surface area contributed by atoms with Crippen LogP contribution in [0.1, 0.15) is 16.5 Å². The molecule has 6 heteroatoms. The monoisotopic (exact) mass is 348 g/mol. The Bertz CT molecular complexity index is 526. The van der Waals surface area contributed by atoms with E-state index in [9.17, 15) is 4.39 Å². The molecule has 0 amide bonds. The van der Waals surface area contributed by atoms with Crippen LogP contribution >= 0.6 is 38.9 Å². The summed E-state index contributed by atoms with van der Waals surface area (Å²) in [6.45, 7) is 0. The highest BCUT2D eigenvalue weighted by atomic mass is 79.9. The van der Waals surface area contributed by atoms with Gasteiger partial charge in [-0.15, -0.1) is 11.3 Å². The molecule has 2 rings (SSSR count). The van der Waals surface area contributed by atoms with E-state index in [1.807, 2.05) is 17.5 Å². The lowest BCUT2D eigenvalue weighted by atomic mass is 10.1. The molecule has 2 aromatic rings. The fourth-order valence-corrected chi connectivity index (χ4v) is 3.51. The molecular formula is C12H11BrClFN2S. The number of halogens is 3. The third-order valence-electron chi connectivity index (χ3n) is 2.52. The summed E-state index contributed by atoms with van der Waals surface area (Å²) in [5.41, 5.74) is 3.58. The van der Waals surface area contributed by atoms with Gasteiger partial charge in [0.15, 0.2) is 0 Å². The van der Waals surface area contributed by atoms with Gasteiger partial charge in [0, 0.05) is 9.35 Å². The van der Waals surface area contributed by atoms with Crippen molar-refractivity contribution in [2.45, 2.75) is 12.5 Å². The number of benzene rings is 1. The summed E-state index contributed by atoms with van der Waals surface area (Å²) in [6, 6.07) is 6.50. The first kappa shape index (κ1) is 14.0. The summed E-state index contributed by atoms with van der Waals surface area (Å²) in [6.07, 6.45) is 0.576. The molecule has 0 saturated carbocycles. The number of nitrogens with two attached hydrogens (primary N) is 1. The summed E-state index contributed by atoms with van der Waals surface area (Å²) in [7, 11) is 0. The van der Waals surface area contributed by atoms with Crippen molar-refractivity contribution in [2.75, 3.05) is 0 Å². The van der Waals surface area contributed by atoms with E-state index in [0.717, 1.165) is 10.4 Å². The second-order valence-corrected chi connectivity index (χ2v) is 6.10. The van der Waals surface area contributed by atoms with Crippen molar-refractivity contribution in [3.63, 3.8) is 0 Å². The van der Waals surface area contributed by atoms with Crippen LogP contribution < -0.4 is 11.3 Å². The van der Waals surface area contributed by atoms with Gasteiger partial charge in [-0.05, 0) is 41.6 Å². The number of nitrogens with one attached hydrogen (secondary N) is 1. The zero-order valence-corrected chi connectivity index (χ0v) is 12.4. The molecule has 0 fully saturated rings. The number of thiophene rings is 1. The average Bonchev–Trinajstić information content (AvgIpc) is 2.71. The molecule has 3 N–H and O–H groups in total. The highest BCUT2D eigenvalue weighted by Crippen LogP contribution is 2.30. The van der Waals surface area contributed by atoms with Crippen LogP contribution in [0.2, 0.25) is 5.02 Å². The zero-order chi connectivity index (χ0) is 13.1. The maximum Gasteiger partial charge on any atom is 0.124 e. The highest BCUT2D eigenvalue weighted by molar-refractivity contribution is 9.10. The van der Waals surface area contributed by atoms with Crippen molar-refractivity contribution < 1.29 is 4.39 Å². The Labute approximate surface area is 122 Å². The molecule has 0 aliphatic heterocycles. The third-order valence-corrected chi connectivity index (χ3v) is 4.45. The van der Waals surface area contributed by atoms with Crippen molar-refractivity contribution in [3.8, 4) is 0 Å². The van der Waals surface area contributed by atoms with Crippen LogP contribution in [0.15, 0.2) is 34.1 Å². The molecule has 18 heavy (non-hydrogen) atoms. The molecular weight excluding hydrogens is 339 g/mol. The van der Waals surface area contributed by atoms with Crippen LogP contribution in [-0.2, 0) is 6.42 Å². The van der Waals surface area contributed by atoms with Gasteiger partial charge in [0.05, 0.1) is 11.1 Å². The van der Waals surface area contributed by atoms with E-state index in [4.69, 9.17) is 17.4 Å². The molecule has 1 aromatic carbocycles. The smallest absolute Gasteiger partial charge is 0.124 e. The predicted molar refractivity (Wildman–Crippen MR) is 77.2 cm³/mol. The lowest BCUT2D eigenvalue weighted by molar-refractivity contribution is 0.556. The normalized spacial score (nSPS) is 12.7. The lowest BCUT2D eigenvalue weighted by Crippen LogP contribution is -2.29. The number of rotatable bonds is 4. The molecule has 0 aliphatic rings. The van der Waals surface area contributed by atoms with Gasteiger partial charge >= 0.3 is 0 Å². The van der Waals surface area contributed by atoms with Gasteiger partial charge in [0.25, 0.3) is 0 Å². The maximum absolute atomic E-state index is 13.3. The Kier molecular flexibility index (Phi) is 4.75. The van der Waals surface area contributed by atoms with E-state index in [1.165, 1.54) is 23.5 Å². The van der Waals surface area contributed by atoms with Gasteiger partial charge in [-0.2, -0.15) is 0 Å². The van der Waals surface area contributed by atoms with Crippen molar-refractivity contribution in [2.24, 2.45) is 5.84 Å². The molecule has 1 unspecified atom stereocenters. The predicted octanol–water partition coefficient (Wildman–Crippen LogP) is 4.05. The quantitative estimate of drug-likeness (QED) is 0.645. The second kappa shape index (κ2) is 6.12. The molecule has 0 aliphatic carbocycles. The Hall–Kier alpha value is -0.460. The molecule has 0 spiro atoms. The largest absolute Gasteiger partial charge is 0.271 e. The minimum Gasteiger partial charge on any atom is -0.271 e. The molecule has 0 saturated heterocycles. The molecule has 2 nitrogen and oxygen atoms in total. The molecule has 0 bridgehead atoms. The third kappa shape index (κ3) is 3.30. The van der Waals surface area contributed by atoms with E-state index in [2.05, 4.69) is 21.4 Å². The Balaban J connectivity index is 2.23. The minimum atomic E-state index is -0.271. The Morgan fingerprint density at radius 2 is 2.22 bits per heavy atom. The van der Waals surface area contributed by atoms with E-state index >= 15 is 0 Å². The van der Waals surface area contributed by atoms with E-state index in [-0.39, 0.29) is 11.9 Å². The van der Waals surface area contributed by atoms with Crippen LogP contribution in [0.5, 0.6) is 0 Å². The van der Waals surface area contributed by atoms with Crippen molar-refractivity contribution in [1.82, 2.24) is 5.43 Å². The van der Waals surface area contributed by atoms with Gasteiger partial charge in [-0.25, -0.2) is 4.39 Å². The van der Waals surface area contributed by atoms with Crippen LogP contribution in [0.3, 0.4) is 0 Å². The standard InChI is InChI=1S/C12H11BrClFN2S/c13-8-3-7(4-9(15)6-8)5-11(17-16)12-10(14)1-2-18-12/h1-4,6,11,17H,5,16H2. The molecule has 96 valence electrons. The van der Waals surface area contributed by atoms with Crippen molar-refractivity contribution >= 4 is 38.9 Å². The van der Waals surface area contributed by atoms with Crippen LogP contribution in [0.4, 0.5) is 4.39 Å². The fraction of sp³-hybridized carbons (Fsp3) is 0.167. The summed E-state index contributed by atoms with van der Waals surface area (Å²) >= 11 is 10.9. The Morgan fingerprint density at radius 1 is 1.44 bits per heavy atom. The maximum atomic E-state index is 13.3. The van der Waals surface area contributed by atoms with Crippen molar-refractivity contribution in [3.05, 3.63) is 55.4 Å². The molecule has 0 radical (unpaired) electrons. The lowest BCUT2D eigenvalue weighted by Gasteiger charge is -2.15. The first-order chi connectivity index (χ1) is 8.60. The van der Waals surface area contributed by atoms with E-state index in [0.29, 0.717) is 15.9 Å². The highest BCUT2D eigenvalue weighted by Gasteiger charge is 2.16. The van der Waals surface area contributed by atoms with Gasteiger partial charge < -0.3 is 0 Å². The first-order valence-corrected chi connectivity index (χ1v) is 7.29. The number of hydrogen-bond acceptors (Lipinski definition) is 3. The van der Waals surface area contributed by atoms with Crippen LogP contribution in [-0.4, -0.2) is 0 Å². The van der Waals surface area contributed by atoms with Crippen LogP contribution in [0.25, 0.3) is 0 Å². The molecule has 1 atom stereocenters. The van der Waals surface area contributed by atoms with E-state index < -0.39 is 0 Å². The first-order valence-electron chi connectivity index (χ1n) is 5.24. The summed E-state index contributed by atoms with van der Waals surface area (Å²) in [5.74, 6) is 5.28. The van der Waals surface area contributed by atoms with Gasteiger partial charge in [-0.3, -0.25) is 11.3 Å². The van der Waals surface area contributed by atoms with Gasteiger partial charge in [0.2, 0.25) is 0 Å². The molecule has 1 heterocycles. The number of hydrazine groups is 1. The second-order valence-electron chi connectivity index (χ2n) is 3.83. The van der Waals surface area contributed by atoms with Crippen molar-refractivity contribution in [1.29, 1.82) is 0 Å². The van der Waals surface area contributed by atoms with Gasteiger partial charge in [0.1, 0.15) is 5.82 Å². The summed E-state index contributed by atoms with van der Waals surface area (Å²) in [5, 5.41) is 2.59. The topological polar surface area (TPSA) is 38.0 Å². The number of hydrogen-bond donors (Lipinski definition) is 2. The summed E-state index contributed by atoms with van der Waals surface area (Å²) < 4.78 is 14.0. The fourth-order valence-electron chi connectivity index (χ4n) is 1.75. The summed E-state index contributed by atoms with van der Waals surface area (Å²) in [4.78, 5) is 0.958. The zero-order valence-electron chi connectivity index (χ0n) is 9.29. The van der Waals surface area contributed by atoms with E-state index in [1.54, 1.807) is 0 Å². The Morgan fingerprint density at radius 3 is 2.78 bits per heavy atom. The van der Waals surface area contributed by atoms with Crippen LogP contribution in [0, 0.1) is 5.82 Å². The SMILES string of the molecule is NNC(Cc1cc(F)cc(Br)c1)c1sccc1Cl. The molecule has 1 aromatic heterocycles. The minimum absolute atomic E-state index is 0.119. The average molecular weight is 350 g/mol.